The van der Waals surface area contributed by atoms with Crippen LogP contribution in [0.4, 0.5) is 9.59 Å². The minimum atomic E-state index is -0.667. The Morgan fingerprint density at radius 1 is 0.662 bits per heavy atom. The number of carbonyl (C=O) groups is 4. The first-order valence-electron chi connectivity index (χ1n) is 24.5. The van der Waals surface area contributed by atoms with Gasteiger partial charge in [0.2, 0.25) is 11.8 Å². The first-order chi connectivity index (χ1) is 32.7. The lowest BCUT2D eigenvalue weighted by Crippen LogP contribution is -2.48. The molecule has 0 spiro atoms. The van der Waals surface area contributed by atoms with E-state index in [9.17, 15) is 19.2 Å². The van der Waals surface area contributed by atoms with Crippen molar-refractivity contribution in [1.29, 1.82) is 0 Å². The molecule has 14 nitrogen and oxygen atoms in total. The van der Waals surface area contributed by atoms with Crippen molar-refractivity contribution in [3.05, 3.63) is 94.8 Å². The van der Waals surface area contributed by atoms with E-state index in [0.717, 1.165) is 85.5 Å². The van der Waals surface area contributed by atoms with E-state index in [2.05, 4.69) is 96.8 Å². The van der Waals surface area contributed by atoms with Crippen LogP contribution < -0.4 is 10.6 Å². The molecule has 68 heavy (non-hydrogen) atoms. The molecule has 2 aliphatic heterocycles. The van der Waals surface area contributed by atoms with Crippen LogP contribution >= 0.6 is 0 Å². The Labute approximate surface area is 399 Å². The highest BCUT2D eigenvalue weighted by atomic mass is 16.5. The Morgan fingerprint density at radius 2 is 1.06 bits per heavy atom. The molecule has 4 N–H and O–H groups in total. The van der Waals surface area contributed by atoms with Crippen molar-refractivity contribution < 1.29 is 28.7 Å². The molecule has 2 aliphatic carbocycles. The van der Waals surface area contributed by atoms with Gasteiger partial charge in [-0.3, -0.25) is 9.59 Å². The molecule has 3 aromatic carbocycles. The summed E-state index contributed by atoms with van der Waals surface area (Å²) < 4.78 is 9.59. The summed E-state index contributed by atoms with van der Waals surface area (Å²) in [5, 5.41) is 5.40. The van der Waals surface area contributed by atoms with Gasteiger partial charge in [-0.05, 0) is 132 Å². The van der Waals surface area contributed by atoms with Gasteiger partial charge >= 0.3 is 12.2 Å². The molecule has 4 atom stereocenters. The Hall–Kier alpha value is -6.44. The van der Waals surface area contributed by atoms with E-state index < -0.39 is 24.3 Å². The van der Waals surface area contributed by atoms with Crippen molar-refractivity contribution in [1.82, 2.24) is 40.4 Å². The molecular formula is C54H66N8O6. The van der Waals surface area contributed by atoms with Crippen LogP contribution in [-0.2, 0) is 42.7 Å². The van der Waals surface area contributed by atoms with E-state index in [1.807, 2.05) is 36.0 Å². The monoisotopic (exact) mass is 923 g/mol. The lowest BCUT2D eigenvalue weighted by Gasteiger charge is -2.31. The molecule has 14 heteroatoms. The Bertz CT molecular complexity index is 2570. The predicted octanol–water partition coefficient (Wildman–Crippen LogP) is 9.84. The lowest BCUT2D eigenvalue weighted by molar-refractivity contribution is -0.135. The van der Waals surface area contributed by atoms with Crippen LogP contribution in [0.5, 0.6) is 0 Å². The van der Waals surface area contributed by atoms with Crippen LogP contribution in [0.25, 0.3) is 44.8 Å². The smallest absolute Gasteiger partial charge is 0.407 e. The largest absolute Gasteiger partial charge is 0.453 e. The second-order valence-electron chi connectivity index (χ2n) is 20.3. The number of aromatic nitrogens is 4. The Morgan fingerprint density at radius 3 is 1.44 bits per heavy atom. The predicted molar refractivity (Wildman–Crippen MR) is 262 cm³/mol. The van der Waals surface area contributed by atoms with E-state index in [1.165, 1.54) is 58.7 Å². The number of imidazole rings is 2. The highest BCUT2D eigenvalue weighted by Crippen LogP contribution is 2.57. The van der Waals surface area contributed by atoms with Crippen molar-refractivity contribution in [3.63, 3.8) is 0 Å². The fraction of sp³-hybridized carbons (Fsp3) is 0.481. The number of likely N-dealkylation sites (tertiary alicyclic amines) is 2. The van der Waals surface area contributed by atoms with Gasteiger partial charge in [0.05, 0.1) is 50.1 Å². The molecule has 2 aromatic heterocycles. The molecule has 4 amide bonds. The number of amides is 4. The highest BCUT2D eigenvalue weighted by Gasteiger charge is 2.44. The molecule has 2 fully saturated rings. The summed E-state index contributed by atoms with van der Waals surface area (Å²) in [6, 6.07) is 16.0. The van der Waals surface area contributed by atoms with Crippen molar-refractivity contribution in [2.75, 3.05) is 27.3 Å². The number of benzene rings is 3. The molecule has 5 aromatic rings. The van der Waals surface area contributed by atoms with Gasteiger partial charge in [0, 0.05) is 24.2 Å². The average molecular weight is 923 g/mol. The standard InChI is InChI=1S/C54H66N8O6/c1-9-37(59-51(65)67-7)49(63)61-25-13-19-41(61)47-55-29-39(57-47)31-15-11-17-33(27-31)43-35-21-23-54(5,6)46(35)44(36-22-24-53(3,4)45(36)43)34-18-12-16-32(28-34)40-30-56-48(58-40)42-20-14-26-62(42)50(64)38(10-2)60-52(66)68-8/h11-12,15-18,27-30,37-38,41-42H,9-10,13-14,19-26H2,1-8H3,(H,55,57)(H,56,58)(H,59,65)(H,60,66)/t37-,38?,41+,42+/m1/s1. The Balaban J connectivity index is 1.05. The van der Waals surface area contributed by atoms with Gasteiger partial charge in [-0.15, -0.1) is 0 Å². The third kappa shape index (κ3) is 8.44. The van der Waals surface area contributed by atoms with Crippen LogP contribution in [0.2, 0.25) is 0 Å². The molecule has 0 radical (unpaired) electrons. The van der Waals surface area contributed by atoms with Crippen molar-refractivity contribution in [2.45, 2.75) is 141 Å². The summed E-state index contributed by atoms with van der Waals surface area (Å²) in [5.74, 6) is 1.24. The number of H-pyrrole nitrogens is 2. The number of hydrogen-bond donors (Lipinski definition) is 4. The number of rotatable bonds is 12. The maximum atomic E-state index is 13.7. The summed E-state index contributed by atoms with van der Waals surface area (Å²) in [6.45, 7) is 14.6. The number of hydrogen-bond acceptors (Lipinski definition) is 8. The van der Waals surface area contributed by atoms with E-state index in [0.29, 0.717) is 25.9 Å². The zero-order chi connectivity index (χ0) is 48.1. The first-order valence-corrected chi connectivity index (χ1v) is 24.5. The topological polar surface area (TPSA) is 175 Å². The van der Waals surface area contributed by atoms with Gasteiger partial charge in [-0.2, -0.15) is 0 Å². The third-order valence-corrected chi connectivity index (χ3v) is 15.2. The Kier molecular flexibility index (Phi) is 12.7. The molecule has 0 bridgehead atoms. The van der Waals surface area contributed by atoms with Crippen molar-refractivity contribution in [3.8, 4) is 44.8 Å². The minimum Gasteiger partial charge on any atom is -0.453 e. The summed E-state index contributed by atoms with van der Waals surface area (Å²) in [7, 11) is 2.61. The maximum Gasteiger partial charge on any atom is 0.407 e. The fourth-order valence-electron chi connectivity index (χ4n) is 11.7. The lowest BCUT2D eigenvalue weighted by atomic mass is 9.73. The van der Waals surface area contributed by atoms with Crippen molar-refractivity contribution >= 4 is 24.0 Å². The number of alkyl carbamates (subject to hydrolysis) is 2. The number of methoxy groups -OCH3 is 2. The van der Waals surface area contributed by atoms with E-state index in [1.54, 1.807) is 0 Å². The molecular weight excluding hydrogens is 857 g/mol. The molecule has 4 heterocycles. The number of ether oxygens (including phenoxy) is 2. The van der Waals surface area contributed by atoms with Crippen LogP contribution in [0.1, 0.15) is 139 Å². The number of fused-ring (bicyclic) bond motifs is 2. The van der Waals surface area contributed by atoms with Gasteiger partial charge in [0.25, 0.3) is 0 Å². The van der Waals surface area contributed by atoms with Gasteiger partial charge in [0.1, 0.15) is 23.7 Å². The number of carbonyl (C=O) groups excluding carboxylic acids is 4. The van der Waals surface area contributed by atoms with Gasteiger partial charge in [0.15, 0.2) is 0 Å². The molecule has 2 saturated heterocycles. The second-order valence-corrected chi connectivity index (χ2v) is 20.3. The van der Waals surface area contributed by atoms with Crippen LogP contribution in [0.15, 0.2) is 60.9 Å². The quantitative estimate of drug-likeness (QED) is 0.0957. The fourth-order valence-corrected chi connectivity index (χ4v) is 11.7. The van der Waals surface area contributed by atoms with E-state index >= 15 is 0 Å². The van der Waals surface area contributed by atoms with Gasteiger partial charge in [-0.1, -0.05) is 77.9 Å². The average Bonchev–Trinajstić information content (AvgIpc) is 4.22. The number of nitrogens with one attached hydrogen (secondary N) is 4. The van der Waals surface area contributed by atoms with Crippen LogP contribution in [-0.4, -0.2) is 93.1 Å². The summed E-state index contributed by atoms with van der Waals surface area (Å²) >= 11 is 0. The van der Waals surface area contributed by atoms with Crippen molar-refractivity contribution in [2.24, 2.45) is 0 Å². The van der Waals surface area contributed by atoms with Crippen LogP contribution in [0, 0.1) is 0 Å². The van der Waals surface area contributed by atoms with E-state index in [-0.39, 0.29) is 34.7 Å². The molecule has 0 saturated carbocycles. The maximum absolute atomic E-state index is 13.7. The number of nitrogens with zero attached hydrogens (tertiary/aromatic N) is 4. The number of aromatic amines is 2. The second kappa shape index (κ2) is 18.6. The highest BCUT2D eigenvalue weighted by molar-refractivity contribution is 5.90. The summed E-state index contributed by atoms with van der Waals surface area (Å²) in [4.78, 5) is 72.1. The zero-order valence-electron chi connectivity index (χ0n) is 40.8. The minimum absolute atomic E-state index is 0.0560. The third-order valence-electron chi connectivity index (χ3n) is 15.2. The summed E-state index contributed by atoms with van der Waals surface area (Å²) in [6.07, 6.45) is 10.8. The molecule has 4 aliphatic rings. The SMILES string of the molecule is CCC(NC(=O)OC)C(=O)N1CCC[C@H]1c1ncc(-c2cccc(-c3c4c(c(-c5cccc(-c6cnc([C@@H]7CCCN7C(=O)[C@@H](CC)NC(=O)OC)[nH]6)c5)c5c3C(C)(C)CC5)C(C)(C)CC4)c2)[nH]1. The first kappa shape index (κ1) is 46.7. The molecule has 1 unspecified atom stereocenters. The summed E-state index contributed by atoms with van der Waals surface area (Å²) in [5.41, 5.74) is 14.6. The normalized spacial score (nSPS) is 19.9. The van der Waals surface area contributed by atoms with Gasteiger partial charge < -0.3 is 39.9 Å². The molecule has 358 valence electrons. The van der Waals surface area contributed by atoms with Crippen LogP contribution in [0.3, 0.4) is 0 Å². The van der Waals surface area contributed by atoms with E-state index in [4.69, 9.17) is 19.4 Å². The molecule has 9 rings (SSSR count). The zero-order valence-corrected chi connectivity index (χ0v) is 40.8. The van der Waals surface area contributed by atoms with Gasteiger partial charge in [-0.25, -0.2) is 19.6 Å².